The number of carbonyl (C=O) groups excluding carboxylic acids is 1. The number of carbonyl (C=O) groups is 1. The van der Waals surface area contributed by atoms with Crippen molar-refractivity contribution >= 4 is 22.6 Å². The fourth-order valence-corrected chi connectivity index (χ4v) is 2.68. The third-order valence-electron chi connectivity index (χ3n) is 3.98. The molecule has 1 amide bonds. The van der Waals surface area contributed by atoms with E-state index >= 15 is 0 Å². The van der Waals surface area contributed by atoms with Gasteiger partial charge in [0.2, 0.25) is 5.91 Å². The van der Waals surface area contributed by atoms with Gasteiger partial charge >= 0.3 is 0 Å². The Morgan fingerprint density at radius 3 is 2.72 bits per heavy atom. The van der Waals surface area contributed by atoms with Crippen LogP contribution in [0.3, 0.4) is 0 Å². The van der Waals surface area contributed by atoms with Crippen LogP contribution in [0.25, 0.3) is 11.0 Å². The lowest BCUT2D eigenvalue weighted by molar-refractivity contribution is -0.115. The van der Waals surface area contributed by atoms with E-state index in [2.05, 4.69) is 15.3 Å². The topological polar surface area (TPSA) is 76.2 Å². The number of benzene rings is 2. The lowest BCUT2D eigenvalue weighted by atomic mass is 10.1. The van der Waals surface area contributed by atoms with E-state index < -0.39 is 0 Å². The van der Waals surface area contributed by atoms with Crippen molar-refractivity contribution in [3.63, 3.8) is 0 Å². The van der Waals surface area contributed by atoms with E-state index in [9.17, 15) is 4.79 Å². The van der Waals surface area contributed by atoms with Gasteiger partial charge in [0, 0.05) is 12.5 Å². The van der Waals surface area contributed by atoms with Gasteiger partial charge in [0.15, 0.2) is 0 Å². The summed E-state index contributed by atoms with van der Waals surface area (Å²) < 4.78 is 10.5. The van der Waals surface area contributed by atoms with E-state index in [0.717, 1.165) is 28.8 Å². The maximum Gasteiger partial charge on any atom is 0.228 e. The molecule has 0 aliphatic carbocycles. The van der Waals surface area contributed by atoms with Gasteiger partial charge in [-0.1, -0.05) is 13.0 Å². The molecule has 3 rings (SSSR count). The molecule has 25 heavy (non-hydrogen) atoms. The Morgan fingerprint density at radius 2 is 2.00 bits per heavy atom. The minimum atomic E-state index is -0.124. The summed E-state index contributed by atoms with van der Waals surface area (Å²) in [7, 11) is 3.15. The Hall–Kier alpha value is -3.02. The molecule has 0 spiro atoms. The molecule has 6 nitrogen and oxygen atoms in total. The van der Waals surface area contributed by atoms with E-state index in [-0.39, 0.29) is 12.3 Å². The number of methoxy groups -OCH3 is 2. The van der Waals surface area contributed by atoms with Crippen LogP contribution in [0.5, 0.6) is 11.5 Å². The lowest BCUT2D eigenvalue weighted by Gasteiger charge is -2.11. The molecule has 2 aromatic carbocycles. The van der Waals surface area contributed by atoms with Crippen LogP contribution in [0, 0.1) is 0 Å². The number of nitrogens with zero attached hydrogens (tertiary/aromatic N) is 1. The largest absolute Gasteiger partial charge is 0.497 e. The van der Waals surface area contributed by atoms with Gasteiger partial charge in [0.05, 0.1) is 37.4 Å². The number of hydrogen-bond donors (Lipinski definition) is 2. The van der Waals surface area contributed by atoms with Crippen molar-refractivity contribution in [1.82, 2.24) is 9.97 Å². The quantitative estimate of drug-likeness (QED) is 0.722. The van der Waals surface area contributed by atoms with E-state index in [1.807, 2.05) is 25.1 Å². The van der Waals surface area contributed by atoms with Crippen molar-refractivity contribution in [2.24, 2.45) is 0 Å². The average Bonchev–Trinajstić information content (AvgIpc) is 3.04. The Balaban J connectivity index is 1.76. The van der Waals surface area contributed by atoms with Crippen LogP contribution >= 0.6 is 0 Å². The molecule has 0 fully saturated rings. The second kappa shape index (κ2) is 7.25. The number of H-pyrrole nitrogens is 1. The fourth-order valence-electron chi connectivity index (χ4n) is 2.68. The zero-order valence-electron chi connectivity index (χ0n) is 14.6. The van der Waals surface area contributed by atoms with Gasteiger partial charge in [-0.05, 0) is 29.8 Å². The highest BCUT2D eigenvalue weighted by molar-refractivity contribution is 5.94. The number of rotatable bonds is 6. The molecule has 130 valence electrons. The molecule has 1 heterocycles. The van der Waals surface area contributed by atoms with E-state index in [4.69, 9.17) is 9.47 Å². The lowest BCUT2D eigenvalue weighted by Crippen LogP contribution is -2.15. The minimum absolute atomic E-state index is 0.124. The number of aryl methyl sites for hydroxylation is 1. The summed E-state index contributed by atoms with van der Waals surface area (Å²) in [5, 5.41) is 2.88. The molecule has 6 heteroatoms. The molecular formula is C19H21N3O3. The molecule has 2 N–H and O–H groups in total. The van der Waals surface area contributed by atoms with Gasteiger partial charge in [-0.25, -0.2) is 4.98 Å². The van der Waals surface area contributed by atoms with Crippen LogP contribution in [0.4, 0.5) is 5.69 Å². The van der Waals surface area contributed by atoms with Gasteiger partial charge in [-0.15, -0.1) is 0 Å². The van der Waals surface area contributed by atoms with Gasteiger partial charge in [0.25, 0.3) is 0 Å². The van der Waals surface area contributed by atoms with E-state index in [1.165, 1.54) is 0 Å². The molecule has 0 unspecified atom stereocenters. The summed E-state index contributed by atoms with van der Waals surface area (Å²) in [5.41, 5.74) is 3.36. The van der Waals surface area contributed by atoms with Gasteiger partial charge < -0.3 is 19.8 Å². The third-order valence-corrected chi connectivity index (χ3v) is 3.98. The molecule has 0 atom stereocenters. The SMILES string of the molecule is CCc1nc2ccc(CC(=O)Nc3cc(OC)ccc3OC)cc2[nH]1. The predicted molar refractivity (Wildman–Crippen MR) is 97.4 cm³/mol. The van der Waals surface area contributed by atoms with Crippen LogP contribution in [-0.2, 0) is 17.6 Å². The summed E-state index contributed by atoms with van der Waals surface area (Å²) in [4.78, 5) is 20.2. The number of aromatic amines is 1. The van der Waals surface area contributed by atoms with E-state index in [0.29, 0.717) is 17.2 Å². The first kappa shape index (κ1) is 16.8. The molecule has 3 aromatic rings. The molecule has 0 aliphatic heterocycles. The molecule has 1 aromatic heterocycles. The number of anilines is 1. The zero-order valence-corrected chi connectivity index (χ0v) is 14.6. The first-order valence-electron chi connectivity index (χ1n) is 8.12. The molecule has 0 aliphatic rings. The predicted octanol–water partition coefficient (Wildman–Crippen LogP) is 3.32. The molecule has 0 radical (unpaired) electrons. The fraction of sp³-hybridized carbons (Fsp3) is 0.263. The van der Waals surface area contributed by atoms with Crippen molar-refractivity contribution in [3.8, 4) is 11.5 Å². The Labute approximate surface area is 146 Å². The number of hydrogen-bond acceptors (Lipinski definition) is 4. The second-order valence-corrected chi connectivity index (χ2v) is 5.68. The second-order valence-electron chi connectivity index (χ2n) is 5.68. The first-order chi connectivity index (χ1) is 12.1. The summed E-state index contributed by atoms with van der Waals surface area (Å²) >= 11 is 0. The number of nitrogens with one attached hydrogen (secondary N) is 2. The number of ether oxygens (including phenoxy) is 2. The normalized spacial score (nSPS) is 10.7. The Kier molecular flexibility index (Phi) is 4.88. The summed E-state index contributed by atoms with van der Waals surface area (Å²) in [6, 6.07) is 11.1. The van der Waals surface area contributed by atoms with Crippen LogP contribution in [0.1, 0.15) is 18.3 Å². The highest BCUT2D eigenvalue weighted by Gasteiger charge is 2.11. The van der Waals surface area contributed by atoms with Gasteiger partial charge in [-0.3, -0.25) is 4.79 Å². The van der Waals surface area contributed by atoms with Crippen molar-refractivity contribution in [2.75, 3.05) is 19.5 Å². The zero-order chi connectivity index (χ0) is 17.8. The summed E-state index contributed by atoms with van der Waals surface area (Å²) in [5.74, 6) is 2.06. The van der Waals surface area contributed by atoms with Crippen molar-refractivity contribution in [3.05, 3.63) is 47.8 Å². The monoisotopic (exact) mass is 339 g/mol. The van der Waals surface area contributed by atoms with E-state index in [1.54, 1.807) is 32.4 Å². The maximum absolute atomic E-state index is 12.4. The number of aromatic nitrogens is 2. The van der Waals surface area contributed by atoms with Gasteiger partial charge in [0.1, 0.15) is 17.3 Å². The Bertz CT molecular complexity index is 902. The number of imidazole rings is 1. The van der Waals surface area contributed by atoms with Crippen molar-refractivity contribution in [1.29, 1.82) is 0 Å². The first-order valence-corrected chi connectivity index (χ1v) is 8.12. The standard InChI is InChI=1S/C19H21N3O3/c1-4-18-20-14-7-5-12(9-15(14)21-18)10-19(23)22-16-11-13(24-2)6-8-17(16)25-3/h5-9,11H,4,10H2,1-3H3,(H,20,21)(H,22,23). The molecule has 0 saturated carbocycles. The Morgan fingerprint density at radius 1 is 1.16 bits per heavy atom. The van der Waals surface area contributed by atoms with Crippen molar-refractivity contribution in [2.45, 2.75) is 19.8 Å². The minimum Gasteiger partial charge on any atom is -0.497 e. The van der Waals surface area contributed by atoms with Crippen LogP contribution in [-0.4, -0.2) is 30.1 Å². The molecule has 0 saturated heterocycles. The van der Waals surface area contributed by atoms with Crippen molar-refractivity contribution < 1.29 is 14.3 Å². The number of fused-ring (bicyclic) bond motifs is 1. The highest BCUT2D eigenvalue weighted by atomic mass is 16.5. The molecular weight excluding hydrogens is 318 g/mol. The summed E-state index contributed by atoms with van der Waals surface area (Å²) in [6.07, 6.45) is 1.11. The smallest absolute Gasteiger partial charge is 0.228 e. The highest BCUT2D eigenvalue weighted by Crippen LogP contribution is 2.29. The van der Waals surface area contributed by atoms with Gasteiger partial charge in [-0.2, -0.15) is 0 Å². The van der Waals surface area contributed by atoms with Crippen LogP contribution in [0.15, 0.2) is 36.4 Å². The third kappa shape index (κ3) is 3.74. The van der Waals surface area contributed by atoms with Crippen LogP contribution < -0.4 is 14.8 Å². The number of amides is 1. The average molecular weight is 339 g/mol. The maximum atomic E-state index is 12.4. The molecule has 0 bridgehead atoms. The van der Waals surface area contributed by atoms with Crippen LogP contribution in [0.2, 0.25) is 0 Å². The summed E-state index contributed by atoms with van der Waals surface area (Å²) in [6.45, 7) is 2.05.